The van der Waals surface area contributed by atoms with E-state index < -0.39 is 53.9 Å². The SMILES string of the molecule is CC[C@@H](C)[C@H](OC(=O)[C@@H](Cc1ccc(C)cc1)N(C)C)C(=O)C[C@@H](C(=O)N(C)[C@@H](Cc1ccc(O)cc1)C(=O)N(C)[C@@H](Cc1ccc(C)cc1)C(=O)OC)C(C)C. The van der Waals surface area contributed by atoms with Gasteiger partial charge in [-0.25, -0.2) is 4.79 Å². The molecule has 0 spiro atoms. The maximum absolute atomic E-state index is 14.6. The van der Waals surface area contributed by atoms with Gasteiger partial charge in [0.1, 0.15) is 23.9 Å². The van der Waals surface area contributed by atoms with Crippen molar-refractivity contribution in [2.24, 2.45) is 17.8 Å². The molecule has 0 radical (unpaired) electrons. The van der Waals surface area contributed by atoms with Crippen LogP contribution in [0.1, 0.15) is 68.4 Å². The Morgan fingerprint density at radius 3 is 1.51 bits per heavy atom. The minimum Gasteiger partial charge on any atom is -0.508 e. The zero-order chi connectivity index (χ0) is 42.6. The summed E-state index contributed by atoms with van der Waals surface area (Å²) in [7, 11) is 7.92. The summed E-state index contributed by atoms with van der Waals surface area (Å²) in [6.45, 7) is 11.4. The smallest absolute Gasteiger partial charge is 0.328 e. The molecule has 0 saturated heterocycles. The number of hydrogen-bond donors (Lipinski definition) is 1. The lowest BCUT2D eigenvalue weighted by molar-refractivity contribution is -0.163. The number of benzene rings is 3. The topological polar surface area (TPSA) is 134 Å². The van der Waals surface area contributed by atoms with E-state index in [0.29, 0.717) is 18.4 Å². The summed E-state index contributed by atoms with van der Waals surface area (Å²) in [5.41, 5.74) is 4.63. The number of carbonyl (C=O) groups is 5. The number of phenols is 1. The third-order valence-electron chi connectivity index (χ3n) is 11.0. The van der Waals surface area contributed by atoms with Gasteiger partial charge >= 0.3 is 11.9 Å². The van der Waals surface area contributed by atoms with E-state index in [1.54, 1.807) is 31.1 Å². The van der Waals surface area contributed by atoms with Crippen LogP contribution < -0.4 is 0 Å². The van der Waals surface area contributed by atoms with Gasteiger partial charge < -0.3 is 24.4 Å². The number of hydrogen-bond acceptors (Lipinski definition) is 9. The number of phenolic OH excluding ortho intramolecular Hbond substituents is 1. The van der Waals surface area contributed by atoms with E-state index in [1.807, 2.05) is 90.1 Å². The van der Waals surface area contributed by atoms with Crippen LogP contribution in [0.4, 0.5) is 0 Å². The second kappa shape index (κ2) is 21.5. The molecule has 0 bridgehead atoms. The Hall–Kier alpha value is -5.03. The van der Waals surface area contributed by atoms with E-state index in [9.17, 15) is 29.1 Å². The molecule has 0 aliphatic heterocycles. The standard InChI is InChI=1S/C46H63N3O8/c1-12-32(6)42(57-46(55)39(47(7)8)26-33-17-13-30(4)14-18-33)41(51)28-37(29(2)3)43(52)48(9)38(25-35-21-23-36(50)24-22-35)44(53)49(10)40(45(54)56-11)27-34-19-15-31(5)16-20-34/h13-24,29,32,37-40,42,50H,12,25-28H2,1-11H3/t32-,37-,38+,39-,40+,42+/m1/s1. The monoisotopic (exact) mass is 785 g/mol. The first-order valence-electron chi connectivity index (χ1n) is 19.8. The first-order valence-corrected chi connectivity index (χ1v) is 19.8. The predicted molar refractivity (Wildman–Crippen MR) is 221 cm³/mol. The lowest BCUT2D eigenvalue weighted by Crippen LogP contribution is -2.55. The number of likely N-dealkylation sites (N-methyl/N-ethyl adjacent to an activating group) is 3. The molecule has 0 saturated carbocycles. The fraction of sp³-hybridized carbons (Fsp3) is 0.500. The highest BCUT2D eigenvalue weighted by Gasteiger charge is 2.40. The van der Waals surface area contributed by atoms with Crippen LogP contribution >= 0.6 is 0 Å². The zero-order valence-electron chi connectivity index (χ0n) is 35.7. The summed E-state index contributed by atoms with van der Waals surface area (Å²) in [4.78, 5) is 74.7. The number of ether oxygens (including phenoxy) is 2. The molecule has 11 heteroatoms. The van der Waals surface area contributed by atoms with Gasteiger partial charge in [0.25, 0.3) is 0 Å². The van der Waals surface area contributed by atoms with Gasteiger partial charge in [-0.3, -0.25) is 24.1 Å². The van der Waals surface area contributed by atoms with Crippen molar-refractivity contribution in [3.05, 3.63) is 101 Å². The molecule has 0 aromatic heterocycles. The number of aryl methyl sites for hydroxylation is 2. The van der Waals surface area contributed by atoms with Crippen molar-refractivity contribution in [1.29, 1.82) is 0 Å². The van der Waals surface area contributed by atoms with Gasteiger partial charge in [-0.1, -0.05) is 99.5 Å². The minimum absolute atomic E-state index is 0.0500. The van der Waals surface area contributed by atoms with Crippen molar-refractivity contribution in [2.75, 3.05) is 35.3 Å². The number of Topliss-reactive ketones (excluding diaryl/α,β-unsaturated/α-hetero) is 1. The van der Waals surface area contributed by atoms with E-state index in [2.05, 4.69) is 0 Å². The van der Waals surface area contributed by atoms with Crippen molar-refractivity contribution in [3.8, 4) is 5.75 Å². The second-order valence-corrected chi connectivity index (χ2v) is 15.9. The highest BCUT2D eigenvalue weighted by atomic mass is 16.5. The van der Waals surface area contributed by atoms with Gasteiger partial charge in [0, 0.05) is 45.2 Å². The van der Waals surface area contributed by atoms with Crippen molar-refractivity contribution in [1.82, 2.24) is 14.7 Å². The average Bonchev–Trinajstić information content (AvgIpc) is 3.19. The highest BCUT2D eigenvalue weighted by Crippen LogP contribution is 2.26. The third-order valence-corrected chi connectivity index (χ3v) is 11.0. The quantitative estimate of drug-likeness (QED) is 0.137. The van der Waals surface area contributed by atoms with Crippen LogP contribution in [-0.2, 0) is 52.7 Å². The Kier molecular flexibility index (Phi) is 17.5. The number of ketones is 1. The van der Waals surface area contributed by atoms with Gasteiger partial charge in [-0.2, -0.15) is 0 Å². The van der Waals surface area contributed by atoms with Gasteiger partial charge in [-0.05, 0) is 75.5 Å². The zero-order valence-corrected chi connectivity index (χ0v) is 35.7. The van der Waals surface area contributed by atoms with E-state index in [4.69, 9.17) is 9.47 Å². The summed E-state index contributed by atoms with van der Waals surface area (Å²) in [6.07, 6.45) is -0.0562. The molecule has 11 nitrogen and oxygen atoms in total. The summed E-state index contributed by atoms with van der Waals surface area (Å²) >= 11 is 0. The first-order chi connectivity index (χ1) is 26.9. The molecule has 2 amide bonds. The number of carbonyl (C=O) groups excluding carboxylic acids is 5. The molecule has 57 heavy (non-hydrogen) atoms. The maximum atomic E-state index is 14.6. The molecule has 0 aliphatic carbocycles. The Bertz CT molecular complexity index is 1790. The molecular weight excluding hydrogens is 723 g/mol. The Morgan fingerprint density at radius 1 is 0.632 bits per heavy atom. The maximum Gasteiger partial charge on any atom is 0.328 e. The van der Waals surface area contributed by atoms with E-state index in [0.717, 1.165) is 22.3 Å². The second-order valence-electron chi connectivity index (χ2n) is 15.9. The highest BCUT2D eigenvalue weighted by molar-refractivity contribution is 5.94. The summed E-state index contributed by atoms with van der Waals surface area (Å²) in [5, 5.41) is 9.95. The molecule has 310 valence electrons. The number of methoxy groups -OCH3 is 1. The predicted octanol–water partition coefficient (Wildman–Crippen LogP) is 5.98. The number of aromatic hydroxyl groups is 1. The summed E-state index contributed by atoms with van der Waals surface area (Å²) < 4.78 is 11.2. The number of rotatable bonds is 20. The molecule has 0 heterocycles. The van der Waals surface area contributed by atoms with Crippen molar-refractivity contribution in [2.45, 2.75) is 97.9 Å². The molecule has 3 aromatic rings. The molecule has 0 aliphatic rings. The van der Waals surface area contributed by atoms with Crippen LogP contribution in [0.15, 0.2) is 72.8 Å². The van der Waals surface area contributed by atoms with E-state index in [1.165, 1.54) is 43.1 Å². The molecule has 6 atom stereocenters. The summed E-state index contributed by atoms with van der Waals surface area (Å²) in [5.74, 6) is -3.85. The van der Waals surface area contributed by atoms with E-state index in [-0.39, 0.29) is 42.6 Å². The van der Waals surface area contributed by atoms with Crippen molar-refractivity contribution >= 4 is 29.5 Å². The minimum atomic E-state index is -1.08. The van der Waals surface area contributed by atoms with Crippen LogP contribution in [-0.4, -0.2) is 109 Å². The van der Waals surface area contributed by atoms with Gasteiger partial charge in [0.05, 0.1) is 7.11 Å². The van der Waals surface area contributed by atoms with Crippen LogP contribution in [0.25, 0.3) is 0 Å². The first kappa shape index (κ1) is 46.4. The van der Waals surface area contributed by atoms with Crippen LogP contribution in [0.5, 0.6) is 5.75 Å². The molecule has 0 unspecified atom stereocenters. The molecule has 3 rings (SSSR count). The van der Waals surface area contributed by atoms with Crippen LogP contribution in [0, 0.1) is 31.6 Å². The van der Waals surface area contributed by atoms with Gasteiger partial charge in [0.2, 0.25) is 11.8 Å². The van der Waals surface area contributed by atoms with E-state index >= 15 is 0 Å². The molecular formula is C46H63N3O8. The number of esters is 2. The lowest BCUT2D eigenvalue weighted by atomic mass is 9.85. The molecule has 0 fully saturated rings. The van der Waals surface area contributed by atoms with Gasteiger partial charge in [-0.15, -0.1) is 0 Å². The third kappa shape index (κ3) is 13.0. The van der Waals surface area contributed by atoms with Crippen molar-refractivity contribution in [3.63, 3.8) is 0 Å². The largest absolute Gasteiger partial charge is 0.508 e. The number of amides is 2. The number of nitrogens with zero attached hydrogens (tertiary/aromatic N) is 3. The van der Waals surface area contributed by atoms with Crippen molar-refractivity contribution < 1.29 is 38.6 Å². The Labute approximate surface area is 339 Å². The Balaban J connectivity index is 1.93. The molecule has 1 N–H and O–H groups in total. The van der Waals surface area contributed by atoms with Crippen LogP contribution in [0.2, 0.25) is 0 Å². The molecule has 3 aromatic carbocycles. The fourth-order valence-electron chi connectivity index (χ4n) is 6.79. The van der Waals surface area contributed by atoms with Crippen LogP contribution in [0.3, 0.4) is 0 Å². The normalized spacial score (nSPS) is 14.5. The summed E-state index contributed by atoms with van der Waals surface area (Å²) in [6, 6.07) is 19.2. The Morgan fingerprint density at radius 2 is 1.07 bits per heavy atom. The average molecular weight is 786 g/mol. The fourth-order valence-corrected chi connectivity index (χ4v) is 6.79. The van der Waals surface area contributed by atoms with Gasteiger partial charge in [0.15, 0.2) is 11.9 Å². The lowest BCUT2D eigenvalue weighted by Gasteiger charge is -2.36.